The van der Waals surface area contributed by atoms with Crippen LogP contribution in [-0.4, -0.2) is 35.5 Å². The Balaban J connectivity index is 2.02. The van der Waals surface area contributed by atoms with Crippen LogP contribution in [0.1, 0.15) is 54.2 Å². The van der Waals surface area contributed by atoms with E-state index in [9.17, 15) is 9.59 Å². The van der Waals surface area contributed by atoms with Crippen LogP contribution in [0.2, 0.25) is 0 Å². The van der Waals surface area contributed by atoms with Crippen molar-refractivity contribution in [2.24, 2.45) is 0 Å². The monoisotopic (exact) mass is 342 g/mol. The van der Waals surface area contributed by atoms with Crippen LogP contribution in [0.15, 0.2) is 23.0 Å². The number of aromatic nitrogens is 1. The molecule has 1 fully saturated rings. The van der Waals surface area contributed by atoms with Crippen LogP contribution >= 0.6 is 0 Å². The lowest BCUT2D eigenvalue weighted by atomic mass is 9.98. The van der Waals surface area contributed by atoms with Gasteiger partial charge in [0.05, 0.1) is 12.7 Å². The molecule has 5 nitrogen and oxygen atoms in total. The van der Waals surface area contributed by atoms with Crippen molar-refractivity contribution >= 4 is 16.9 Å². The van der Waals surface area contributed by atoms with Gasteiger partial charge in [0.2, 0.25) is 0 Å². The second-order valence-electron chi connectivity index (χ2n) is 6.84. The summed E-state index contributed by atoms with van der Waals surface area (Å²) < 4.78 is 4.77. The molecule has 1 aliphatic heterocycles. The number of methoxy groups -OCH3 is 1. The van der Waals surface area contributed by atoms with E-state index in [1.54, 1.807) is 18.2 Å². The Kier molecular flexibility index (Phi) is 5.23. The van der Waals surface area contributed by atoms with Crippen molar-refractivity contribution < 1.29 is 9.53 Å². The number of pyridine rings is 1. The number of piperidine rings is 1. The fourth-order valence-corrected chi connectivity index (χ4v) is 3.82. The lowest BCUT2D eigenvalue weighted by Crippen LogP contribution is -2.39. The number of esters is 1. The van der Waals surface area contributed by atoms with E-state index in [4.69, 9.17) is 4.74 Å². The first-order chi connectivity index (χ1) is 12.0. The normalized spacial score (nSPS) is 18.4. The molecule has 3 rings (SSSR count). The number of aryl methyl sites for hydroxylation is 1. The molecule has 2 aromatic rings. The number of benzene rings is 1. The van der Waals surface area contributed by atoms with Crippen LogP contribution in [0.3, 0.4) is 0 Å². The molecule has 25 heavy (non-hydrogen) atoms. The van der Waals surface area contributed by atoms with Crippen molar-refractivity contribution in [3.63, 3.8) is 0 Å². The number of fused-ring (bicyclic) bond motifs is 1. The lowest BCUT2D eigenvalue weighted by Gasteiger charge is -2.35. The molecule has 5 heteroatoms. The zero-order chi connectivity index (χ0) is 18.0. The van der Waals surface area contributed by atoms with Crippen molar-refractivity contribution in [1.29, 1.82) is 0 Å². The number of nitrogens with zero attached hydrogens (tertiary/aromatic N) is 1. The maximum atomic E-state index is 13.1. The Morgan fingerprint density at radius 3 is 2.88 bits per heavy atom. The Bertz CT molecular complexity index is 841. The first kappa shape index (κ1) is 17.7. The highest BCUT2D eigenvalue weighted by molar-refractivity contribution is 5.94. The topological polar surface area (TPSA) is 62.4 Å². The highest BCUT2D eigenvalue weighted by atomic mass is 16.5. The van der Waals surface area contributed by atoms with E-state index in [-0.39, 0.29) is 5.43 Å². The summed E-state index contributed by atoms with van der Waals surface area (Å²) in [6.07, 6.45) is 4.77. The number of likely N-dealkylation sites (tertiary alicyclic amines) is 1. The molecule has 0 radical (unpaired) electrons. The predicted octanol–water partition coefficient (Wildman–Crippen LogP) is 3.39. The molecule has 0 aliphatic carbocycles. The second-order valence-corrected chi connectivity index (χ2v) is 6.84. The van der Waals surface area contributed by atoms with E-state index in [0.29, 0.717) is 23.5 Å². The molecule has 1 N–H and O–H groups in total. The van der Waals surface area contributed by atoms with Crippen LogP contribution < -0.4 is 5.43 Å². The van der Waals surface area contributed by atoms with Gasteiger partial charge in [-0.1, -0.05) is 13.3 Å². The first-order valence-corrected chi connectivity index (χ1v) is 9.03. The minimum Gasteiger partial charge on any atom is -0.465 e. The number of rotatable bonds is 4. The highest BCUT2D eigenvalue weighted by Crippen LogP contribution is 2.22. The van der Waals surface area contributed by atoms with Gasteiger partial charge in [0, 0.05) is 34.7 Å². The van der Waals surface area contributed by atoms with Crippen molar-refractivity contribution in [2.75, 3.05) is 13.7 Å². The van der Waals surface area contributed by atoms with Crippen molar-refractivity contribution in [1.82, 2.24) is 9.88 Å². The predicted molar refractivity (Wildman–Crippen MR) is 99.0 cm³/mol. The van der Waals surface area contributed by atoms with Gasteiger partial charge in [-0.3, -0.25) is 9.69 Å². The van der Waals surface area contributed by atoms with Crippen molar-refractivity contribution in [2.45, 2.75) is 52.1 Å². The van der Waals surface area contributed by atoms with Gasteiger partial charge in [0.15, 0.2) is 5.43 Å². The number of carbonyl (C=O) groups excluding carboxylic acids is 1. The number of hydrogen-bond donors (Lipinski definition) is 1. The average Bonchev–Trinajstić information content (AvgIpc) is 2.64. The summed E-state index contributed by atoms with van der Waals surface area (Å²) in [4.78, 5) is 30.6. The molecule has 1 atom stereocenters. The SMILES string of the molecule is CC[C@@H]1CCCCN1Cc1c(C)[nH]c2ccc(C(=O)OC)cc2c1=O. The van der Waals surface area contributed by atoms with E-state index >= 15 is 0 Å². The van der Waals surface area contributed by atoms with Gasteiger partial charge >= 0.3 is 5.97 Å². The average molecular weight is 342 g/mol. The Hall–Kier alpha value is -2.14. The van der Waals surface area contributed by atoms with Gasteiger partial charge in [-0.25, -0.2) is 4.79 Å². The number of aromatic amines is 1. The smallest absolute Gasteiger partial charge is 0.337 e. The van der Waals surface area contributed by atoms with E-state index in [2.05, 4.69) is 16.8 Å². The Morgan fingerprint density at radius 1 is 1.36 bits per heavy atom. The lowest BCUT2D eigenvalue weighted by molar-refractivity contribution is 0.0601. The molecular weight excluding hydrogens is 316 g/mol. The number of nitrogens with one attached hydrogen (secondary N) is 1. The molecule has 0 bridgehead atoms. The third-order valence-electron chi connectivity index (χ3n) is 5.32. The van der Waals surface area contributed by atoms with Gasteiger partial charge in [0.25, 0.3) is 0 Å². The molecule has 0 spiro atoms. The molecule has 134 valence electrons. The summed E-state index contributed by atoms with van der Waals surface area (Å²) >= 11 is 0. The van der Waals surface area contributed by atoms with E-state index in [0.717, 1.165) is 29.7 Å². The van der Waals surface area contributed by atoms with Gasteiger partial charge in [-0.15, -0.1) is 0 Å². The quantitative estimate of drug-likeness (QED) is 0.865. The summed E-state index contributed by atoms with van der Waals surface area (Å²) in [6, 6.07) is 5.64. The second kappa shape index (κ2) is 7.40. The zero-order valence-electron chi connectivity index (χ0n) is 15.2. The Morgan fingerprint density at radius 2 is 2.16 bits per heavy atom. The summed E-state index contributed by atoms with van der Waals surface area (Å²) in [5.74, 6) is -0.425. The van der Waals surface area contributed by atoms with Crippen molar-refractivity contribution in [3.05, 3.63) is 45.2 Å². The van der Waals surface area contributed by atoms with Crippen LogP contribution in [0.25, 0.3) is 10.9 Å². The summed E-state index contributed by atoms with van der Waals surface area (Å²) in [6.45, 7) is 5.87. The molecule has 2 heterocycles. The summed E-state index contributed by atoms with van der Waals surface area (Å²) in [5.41, 5.74) is 2.88. The van der Waals surface area contributed by atoms with Crippen molar-refractivity contribution in [3.8, 4) is 0 Å². The van der Waals surface area contributed by atoms with Gasteiger partial charge in [-0.05, 0) is 50.9 Å². The number of carbonyl (C=O) groups is 1. The molecule has 0 amide bonds. The fourth-order valence-electron chi connectivity index (χ4n) is 3.82. The Labute approximate surface area is 148 Å². The third kappa shape index (κ3) is 3.47. The summed E-state index contributed by atoms with van der Waals surface area (Å²) in [5, 5.41) is 0.550. The van der Waals surface area contributed by atoms with E-state index in [1.165, 1.54) is 26.4 Å². The van der Waals surface area contributed by atoms with Gasteiger partial charge in [0.1, 0.15) is 0 Å². The van der Waals surface area contributed by atoms with E-state index < -0.39 is 5.97 Å². The fraction of sp³-hybridized carbons (Fsp3) is 0.500. The largest absolute Gasteiger partial charge is 0.465 e. The van der Waals surface area contributed by atoms with Crippen LogP contribution in [-0.2, 0) is 11.3 Å². The molecule has 0 saturated carbocycles. The third-order valence-corrected chi connectivity index (χ3v) is 5.32. The molecular formula is C20H26N2O3. The van der Waals surface area contributed by atoms with Crippen LogP contribution in [0.5, 0.6) is 0 Å². The standard InChI is InChI=1S/C20H26N2O3/c1-4-15-7-5-6-10-22(15)12-17-13(2)21-18-9-8-14(20(24)25-3)11-16(18)19(17)23/h8-9,11,15H,4-7,10,12H2,1-3H3,(H,21,23)/t15-/m1/s1. The molecule has 1 saturated heterocycles. The number of H-pyrrole nitrogens is 1. The van der Waals surface area contributed by atoms with Gasteiger partial charge in [-0.2, -0.15) is 0 Å². The van der Waals surface area contributed by atoms with E-state index in [1.807, 2.05) is 6.92 Å². The molecule has 1 aromatic heterocycles. The minimum atomic E-state index is -0.425. The zero-order valence-corrected chi connectivity index (χ0v) is 15.2. The maximum Gasteiger partial charge on any atom is 0.337 e. The molecule has 0 unspecified atom stereocenters. The number of hydrogen-bond acceptors (Lipinski definition) is 4. The minimum absolute atomic E-state index is 0.0115. The van der Waals surface area contributed by atoms with Crippen LogP contribution in [0.4, 0.5) is 0 Å². The maximum absolute atomic E-state index is 13.1. The summed E-state index contributed by atoms with van der Waals surface area (Å²) in [7, 11) is 1.35. The number of ether oxygens (including phenoxy) is 1. The van der Waals surface area contributed by atoms with Gasteiger partial charge < -0.3 is 9.72 Å². The van der Waals surface area contributed by atoms with Crippen LogP contribution in [0, 0.1) is 6.92 Å². The highest BCUT2D eigenvalue weighted by Gasteiger charge is 2.23. The molecule has 1 aliphatic rings. The first-order valence-electron chi connectivity index (χ1n) is 9.03. The molecule has 1 aromatic carbocycles.